The summed E-state index contributed by atoms with van der Waals surface area (Å²) in [6, 6.07) is 0. The monoisotopic (exact) mass is 170 g/mol. The molecule has 0 saturated heterocycles. The third-order valence-corrected chi connectivity index (χ3v) is 1.53. The van der Waals surface area contributed by atoms with Gasteiger partial charge < -0.3 is 4.74 Å². The van der Waals surface area contributed by atoms with E-state index in [0.29, 0.717) is 0 Å². The maximum absolute atomic E-state index is 10.9. The van der Waals surface area contributed by atoms with E-state index in [-0.39, 0.29) is 30.7 Å². The molecular formula is C9H14O3. The van der Waals surface area contributed by atoms with E-state index in [0.717, 1.165) is 0 Å². The lowest BCUT2D eigenvalue weighted by molar-refractivity contribution is -0.145. The molecule has 0 rings (SSSR count). The van der Waals surface area contributed by atoms with Gasteiger partial charge in [0.25, 0.3) is 0 Å². The molecule has 0 aliphatic carbocycles. The Bertz CT molecular complexity index is 184. The van der Waals surface area contributed by atoms with Crippen LogP contribution in [0.5, 0.6) is 0 Å². The maximum Gasteiger partial charge on any atom is 0.306 e. The standard InChI is InChI=1S/C9H14O3/c1-4-5-12-9(11)6-7(2)8(3)10/h4,7H,1,5-6H2,2-3H3. The van der Waals surface area contributed by atoms with Crippen LogP contribution in [0.25, 0.3) is 0 Å². The summed E-state index contributed by atoms with van der Waals surface area (Å²) in [4.78, 5) is 21.6. The molecule has 68 valence electrons. The number of ketones is 1. The van der Waals surface area contributed by atoms with Gasteiger partial charge in [-0.25, -0.2) is 0 Å². The van der Waals surface area contributed by atoms with Crippen molar-refractivity contribution in [2.24, 2.45) is 5.92 Å². The van der Waals surface area contributed by atoms with E-state index in [4.69, 9.17) is 4.74 Å². The lowest BCUT2D eigenvalue weighted by Crippen LogP contribution is -2.14. The smallest absolute Gasteiger partial charge is 0.306 e. The number of rotatable bonds is 5. The maximum atomic E-state index is 10.9. The minimum Gasteiger partial charge on any atom is -0.461 e. The van der Waals surface area contributed by atoms with E-state index in [1.807, 2.05) is 0 Å². The Kier molecular flexibility index (Phi) is 5.00. The molecule has 0 amide bonds. The first-order valence-corrected chi connectivity index (χ1v) is 3.85. The third kappa shape index (κ3) is 4.66. The number of hydrogen-bond donors (Lipinski definition) is 0. The second-order valence-corrected chi connectivity index (χ2v) is 2.69. The van der Waals surface area contributed by atoms with Gasteiger partial charge in [-0.05, 0) is 6.92 Å². The summed E-state index contributed by atoms with van der Waals surface area (Å²) in [6.07, 6.45) is 1.65. The van der Waals surface area contributed by atoms with Gasteiger partial charge in [-0.3, -0.25) is 9.59 Å². The minimum atomic E-state index is -0.349. The first-order valence-electron chi connectivity index (χ1n) is 3.85. The molecule has 0 fully saturated rings. The molecule has 0 bridgehead atoms. The van der Waals surface area contributed by atoms with Crippen LogP contribution in [-0.2, 0) is 14.3 Å². The van der Waals surface area contributed by atoms with Crippen LogP contribution in [0.15, 0.2) is 12.7 Å². The van der Waals surface area contributed by atoms with Crippen molar-refractivity contribution in [3.63, 3.8) is 0 Å². The molecule has 12 heavy (non-hydrogen) atoms. The average molecular weight is 170 g/mol. The van der Waals surface area contributed by atoms with Crippen molar-refractivity contribution in [3.8, 4) is 0 Å². The van der Waals surface area contributed by atoms with Gasteiger partial charge >= 0.3 is 5.97 Å². The molecule has 0 aliphatic heterocycles. The molecule has 0 aromatic carbocycles. The van der Waals surface area contributed by atoms with E-state index < -0.39 is 0 Å². The first-order chi connectivity index (χ1) is 5.57. The molecule has 1 atom stereocenters. The highest BCUT2D eigenvalue weighted by atomic mass is 16.5. The Morgan fingerprint density at radius 1 is 1.58 bits per heavy atom. The van der Waals surface area contributed by atoms with Crippen molar-refractivity contribution in [2.75, 3.05) is 6.61 Å². The zero-order chi connectivity index (χ0) is 9.56. The summed E-state index contributed by atoms with van der Waals surface area (Å²) in [5.74, 6) is -0.592. The fraction of sp³-hybridized carbons (Fsp3) is 0.556. The van der Waals surface area contributed by atoms with Gasteiger partial charge in [0.05, 0.1) is 6.42 Å². The Balaban J connectivity index is 3.68. The fourth-order valence-electron chi connectivity index (χ4n) is 0.605. The number of ether oxygens (including phenoxy) is 1. The zero-order valence-electron chi connectivity index (χ0n) is 7.50. The Hall–Kier alpha value is -1.12. The Labute approximate surface area is 72.4 Å². The first kappa shape index (κ1) is 10.9. The Morgan fingerprint density at radius 3 is 2.58 bits per heavy atom. The second-order valence-electron chi connectivity index (χ2n) is 2.69. The van der Waals surface area contributed by atoms with Crippen LogP contribution in [-0.4, -0.2) is 18.4 Å². The van der Waals surface area contributed by atoms with Crippen molar-refractivity contribution in [1.29, 1.82) is 0 Å². The highest BCUT2D eigenvalue weighted by molar-refractivity contribution is 5.83. The summed E-state index contributed by atoms with van der Waals surface area (Å²) in [7, 11) is 0. The minimum absolute atomic E-state index is 0.00514. The van der Waals surface area contributed by atoms with Crippen LogP contribution in [0.4, 0.5) is 0 Å². The van der Waals surface area contributed by atoms with E-state index in [2.05, 4.69) is 6.58 Å². The predicted octanol–water partition coefficient (Wildman–Crippen LogP) is 1.33. The molecule has 0 saturated carbocycles. The summed E-state index contributed by atoms with van der Waals surface area (Å²) in [6.45, 7) is 6.78. The molecule has 0 aromatic rings. The van der Waals surface area contributed by atoms with E-state index in [1.54, 1.807) is 6.92 Å². The molecule has 0 N–H and O–H groups in total. The fourth-order valence-corrected chi connectivity index (χ4v) is 0.605. The Morgan fingerprint density at radius 2 is 2.17 bits per heavy atom. The molecule has 0 heterocycles. The van der Waals surface area contributed by atoms with Gasteiger partial charge in [0.15, 0.2) is 0 Å². The highest BCUT2D eigenvalue weighted by Gasteiger charge is 2.13. The summed E-state index contributed by atoms with van der Waals surface area (Å²) < 4.78 is 4.70. The molecule has 0 aromatic heterocycles. The highest BCUT2D eigenvalue weighted by Crippen LogP contribution is 2.03. The summed E-state index contributed by atoms with van der Waals surface area (Å²) in [5, 5.41) is 0. The number of carbonyl (C=O) groups excluding carboxylic acids is 2. The summed E-state index contributed by atoms with van der Waals surface area (Å²) in [5.41, 5.74) is 0. The van der Waals surface area contributed by atoms with E-state index in [1.165, 1.54) is 13.0 Å². The topological polar surface area (TPSA) is 43.4 Å². The van der Waals surface area contributed by atoms with Gasteiger partial charge in [0, 0.05) is 5.92 Å². The van der Waals surface area contributed by atoms with Crippen LogP contribution in [0.3, 0.4) is 0 Å². The largest absolute Gasteiger partial charge is 0.461 e. The molecular weight excluding hydrogens is 156 g/mol. The molecule has 1 unspecified atom stereocenters. The molecule has 3 nitrogen and oxygen atoms in total. The molecule has 3 heteroatoms. The lowest BCUT2D eigenvalue weighted by atomic mass is 10.0. The number of hydrogen-bond acceptors (Lipinski definition) is 3. The zero-order valence-corrected chi connectivity index (χ0v) is 7.50. The number of carbonyl (C=O) groups is 2. The van der Waals surface area contributed by atoms with Crippen molar-refractivity contribution < 1.29 is 14.3 Å². The molecule has 0 aliphatic rings. The second kappa shape index (κ2) is 5.52. The van der Waals surface area contributed by atoms with Crippen LogP contribution in [0.2, 0.25) is 0 Å². The van der Waals surface area contributed by atoms with Gasteiger partial charge in [-0.2, -0.15) is 0 Å². The van der Waals surface area contributed by atoms with E-state index >= 15 is 0 Å². The van der Waals surface area contributed by atoms with Gasteiger partial charge in [0.1, 0.15) is 12.4 Å². The summed E-state index contributed by atoms with van der Waals surface area (Å²) >= 11 is 0. The van der Waals surface area contributed by atoms with Gasteiger partial charge in [-0.15, -0.1) is 0 Å². The van der Waals surface area contributed by atoms with Crippen molar-refractivity contribution in [1.82, 2.24) is 0 Å². The van der Waals surface area contributed by atoms with Crippen LogP contribution >= 0.6 is 0 Å². The van der Waals surface area contributed by atoms with E-state index in [9.17, 15) is 9.59 Å². The van der Waals surface area contributed by atoms with Crippen molar-refractivity contribution in [3.05, 3.63) is 12.7 Å². The lowest BCUT2D eigenvalue weighted by Gasteiger charge is -2.05. The molecule has 0 spiro atoms. The quantitative estimate of drug-likeness (QED) is 0.462. The van der Waals surface area contributed by atoms with Crippen molar-refractivity contribution in [2.45, 2.75) is 20.3 Å². The number of esters is 1. The molecule has 0 radical (unpaired) electrons. The van der Waals surface area contributed by atoms with Crippen LogP contribution < -0.4 is 0 Å². The normalized spacial score (nSPS) is 11.8. The SMILES string of the molecule is C=CCOC(=O)CC(C)C(C)=O. The van der Waals surface area contributed by atoms with Gasteiger partial charge in [0.2, 0.25) is 0 Å². The van der Waals surface area contributed by atoms with Crippen LogP contribution in [0, 0.1) is 5.92 Å². The third-order valence-electron chi connectivity index (χ3n) is 1.53. The van der Waals surface area contributed by atoms with Gasteiger partial charge in [-0.1, -0.05) is 19.6 Å². The number of Topliss-reactive ketones (excluding diaryl/α,β-unsaturated/α-hetero) is 1. The van der Waals surface area contributed by atoms with Crippen LogP contribution in [0.1, 0.15) is 20.3 Å². The van der Waals surface area contributed by atoms with Crippen molar-refractivity contribution >= 4 is 11.8 Å². The predicted molar refractivity (Wildman–Crippen MR) is 45.6 cm³/mol. The average Bonchev–Trinajstić information content (AvgIpc) is 2.00.